The van der Waals surface area contributed by atoms with Gasteiger partial charge in [0.1, 0.15) is 6.61 Å². The van der Waals surface area contributed by atoms with E-state index < -0.39 is 0 Å². The second kappa shape index (κ2) is 7.04. The third-order valence-electron chi connectivity index (χ3n) is 3.55. The molecule has 0 aliphatic carbocycles. The minimum absolute atomic E-state index is 0.225. The summed E-state index contributed by atoms with van der Waals surface area (Å²) in [5, 5.41) is 3.44. The molecule has 0 aromatic carbocycles. The number of nitrogens with one attached hydrogen (secondary N) is 1. The minimum Gasteiger partial charge on any atom is -0.475 e. The van der Waals surface area contributed by atoms with Crippen molar-refractivity contribution in [3.05, 3.63) is 22.9 Å². The van der Waals surface area contributed by atoms with Crippen LogP contribution in [0.25, 0.3) is 0 Å². The van der Waals surface area contributed by atoms with Gasteiger partial charge in [-0.05, 0) is 38.3 Å². The molecule has 1 saturated heterocycles. The second-order valence-corrected chi connectivity index (χ2v) is 5.85. The van der Waals surface area contributed by atoms with E-state index in [1.54, 1.807) is 0 Å². The zero-order valence-electron chi connectivity index (χ0n) is 13.0. The highest BCUT2D eigenvalue weighted by Gasteiger charge is 2.18. The molecule has 1 aromatic heterocycles. The Bertz CT molecular complexity index is 440. The summed E-state index contributed by atoms with van der Waals surface area (Å²) < 4.78 is 11.5. The van der Waals surface area contributed by atoms with E-state index in [-0.39, 0.29) is 6.10 Å². The maximum Gasteiger partial charge on any atom is 0.218 e. The van der Waals surface area contributed by atoms with E-state index >= 15 is 0 Å². The lowest BCUT2D eigenvalue weighted by Crippen LogP contribution is -2.24. The van der Waals surface area contributed by atoms with Gasteiger partial charge in [-0.1, -0.05) is 13.8 Å². The average Bonchev–Trinajstić information content (AvgIpc) is 2.87. The van der Waals surface area contributed by atoms with Crippen LogP contribution in [0.1, 0.15) is 43.5 Å². The topological polar surface area (TPSA) is 43.4 Å². The van der Waals surface area contributed by atoms with Gasteiger partial charge in [-0.2, -0.15) is 0 Å². The lowest BCUT2D eigenvalue weighted by Gasteiger charge is -2.17. The molecular weight excluding hydrogens is 252 g/mol. The van der Waals surface area contributed by atoms with Gasteiger partial charge in [-0.3, -0.25) is 0 Å². The van der Waals surface area contributed by atoms with Crippen LogP contribution in [0.4, 0.5) is 0 Å². The molecule has 1 unspecified atom stereocenters. The van der Waals surface area contributed by atoms with Gasteiger partial charge in [0.05, 0.1) is 6.10 Å². The SMILES string of the molecule is Cc1cc(C)c(CNC(C)C)c(OCC2CCCO2)n1. The molecule has 112 valence electrons. The van der Waals surface area contributed by atoms with Crippen molar-refractivity contribution in [3.63, 3.8) is 0 Å². The number of rotatable bonds is 6. The quantitative estimate of drug-likeness (QED) is 0.869. The minimum atomic E-state index is 0.225. The van der Waals surface area contributed by atoms with Crippen LogP contribution in [0.5, 0.6) is 5.88 Å². The number of pyridine rings is 1. The van der Waals surface area contributed by atoms with Crippen molar-refractivity contribution in [1.82, 2.24) is 10.3 Å². The first-order chi connectivity index (χ1) is 9.56. The fourth-order valence-corrected chi connectivity index (χ4v) is 2.42. The molecule has 0 bridgehead atoms. The van der Waals surface area contributed by atoms with E-state index in [0.29, 0.717) is 12.6 Å². The molecule has 1 aliphatic rings. The number of nitrogens with zero attached hydrogens (tertiary/aromatic N) is 1. The first-order valence-electron chi connectivity index (χ1n) is 7.51. The van der Waals surface area contributed by atoms with E-state index in [4.69, 9.17) is 9.47 Å². The molecule has 1 atom stereocenters. The van der Waals surface area contributed by atoms with Gasteiger partial charge in [0.15, 0.2) is 0 Å². The van der Waals surface area contributed by atoms with Crippen LogP contribution < -0.4 is 10.1 Å². The maximum atomic E-state index is 5.94. The summed E-state index contributed by atoms with van der Waals surface area (Å²) >= 11 is 0. The number of hydrogen-bond donors (Lipinski definition) is 1. The monoisotopic (exact) mass is 278 g/mol. The molecular formula is C16H26N2O2. The van der Waals surface area contributed by atoms with Gasteiger partial charge in [0.25, 0.3) is 0 Å². The molecule has 2 rings (SSSR count). The Hall–Kier alpha value is -1.13. The first-order valence-corrected chi connectivity index (χ1v) is 7.51. The summed E-state index contributed by atoms with van der Waals surface area (Å²) in [5.74, 6) is 0.756. The predicted octanol–water partition coefficient (Wildman–Crippen LogP) is 2.75. The third-order valence-corrected chi connectivity index (χ3v) is 3.55. The number of aryl methyl sites for hydroxylation is 2. The normalized spacial score (nSPS) is 18.8. The van der Waals surface area contributed by atoms with Gasteiger partial charge in [0, 0.05) is 30.5 Å². The van der Waals surface area contributed by atoms with Crippen molar-refractivity contribution in [2.75, 3.05) is 13.2 Å². The fraction of sp³-hybridized carbons (Fsp3) is 0.688. The number of ether oxygens (including phenoxy) is 2. The van der Waals surface area contributed by atoms with Gasteiger partial charge < -0.3 is 14.8 Å². The van der Waals surface area contributed by atoms with Crippen molar-refractivity contribution < 1.29 is 9.47 Å². The smallest absolute Gasteiger partial charge is 0.218 e. The molecule has 0 radical (unpaired) electrons. The number of hydrogen-bond acceptors (Lipinski definition) is 4. The Kier molecular flexibility index (Phi) is 5.38. The van der Waals surface area contributed by atoms with E-state index in [2.05, 4.69) is 37.1 Å². The summed E-state index contributed by atoms with van der Waals surface area (Å²) in [6.45, 7) is 10.7. The molecule has 0 saturated carbocycles. The second-order valence-electron chi connectivity index (χ2n) is 5.85. The lowest BCUT2D eigenvalue weighted by atomic mass is 10.1. The standard InChI is InChI=1S/C16H26N2O2/c1-11(2)17-9-15-12(3)8-13(4)18-16(15)20-10-14-6-5-7-19-14/h8,11,14,17H,5-7,9-10H2,1-4H3. The van der Waals surface area contributed by atoms with Crippen LogP contribution in [0, 0.1) is 13.8 Å². The highest BCUT2D eigenvalue weighted by molar-refractivity contribution is 5.35. The summed E-state index contributed by atoms with van der Waals surface area (Å²) in [6.07, 6.45) is 2.45. The Morgan fingerprint density at radius 3 is 2.90 bits per heavy atom. The van der Waals surface area contributed by atoms with Crippen LogP contribution in [-0.4, -0.2) is 30.3 Å². The highest BCUT2D eigenvalue weighted by Crippen LogP contribution is 2.22. The van der Waals surface area contributed by atoms with Crippen LogP contribution in [0.3, 0.4) is 0 Å². The molecule has 0 amide bonds. The van der Waals surface area contributed by atoms with Crippen molar-refractivity contribution in [3.8, 4) is 5.88 Å². The fourth-order valence-electron chi connectivity index (χ4n) is 2.42. The van der Waals surface area contributed by atoms with Gasteiger partial charge in [0.2, 0.25) is 5.88 Å². The largest absolute Gasteiger partial charge is 0.475 e. The zero-order chi connectivity index (χ0) is 14.5. The van der Waals surface area contributed by atoms with E-state index in [0.717, 1.165) is 43.1 Å². The van der Waals surface area contributed by atoms with Crippen molar-refractivity contribution in [1.29, 1.82) is 0 Å². The Morgan fingerprint density at radius 1 is 1.45 bits per heavy atom. The summed E-state index contributed by atoms with van der Waals surface area (Å²) in [7, 11) is 0. The molecule has 1 fully saturated rings. The Balaban J connectivity index is 2.07. The van der Waals surface area contributed by atoms with Gasteiger partial charge in [-0.25, -0.2) is 4.98 Å². The molecule has 20 heavy (non-hydrogen) atoms. The molecule has 4 nitrogen and oxygen atoms in total. The predicted molar refractivity (Wildman–Crippen MR) is 80.2 cm³/mol. The Labute approximate surface area is 121 Å². The maximum absolute atomic E-state index is 5.94. The molecule has 0 spiro atoms. The molecule has 1 aromatic rings. The van der Waals surface area contributed by atoms with E-state index in [9.17, 15) is 0 Å². The third kappa shape index (κ3) is 4.18. The molecule has 4 heteroatoms. The zero-order valence-corrected chi connectivity index (χ0v) is 13.0. The van der Waals surface area contributed by atoms with E-state index in [1.165, 1.54) is 5.56 Å². The Morgan fingerprint density at radius 2 is 2.25 bits per heavy atom. The summed E-state index contributed by atoms with van der Waals surface area (Å²) in [6, 6.07) is 2.55. The van der Waals surface area contributed by atoms with Crippen molar-refractivity contribution in [2.45, 2.75) is 59.2 Å². The highest BCUT2D eigenvalue weighted by atomic mass is 16.5. The van der Waals surface area contributed by atoms with Crippen LogP contribution >= 0.6 is 0 Å². The molecule has 1 aliphatic heterocycles. The summed E-state index contributed by atoms with van der Waals surface area (Å²) in [4.78, 5) is 4.56. The average molecular weight is 278 g/mol. The number of aromatic nitrogens is 1. The van der Waals surface area contributed by atoms with Crippen LogP contribution in [0.15, 0.2) is 6.07 Å². The van der Waals surface area contributed by atoms with Crippen LogP contribution in [-0.2, 0) is 11.3 Å². The van der Waals surface area contributed by atoms with E-state index in [1.807, 2.05) is 6.92 Å². The molecule has 1 N–H and O–H groups in total. The van der Waals surface area contributed by atoms with Crippen molar-refractivity contribution >= 4 is 0 Å². The lowest BCUT2D eigenvalue weighted by molar-refractivity contribution is 0.0658. The van der Waals surface area contributed by atoms with Gasteiger partial charge >= 0.3 is 0 Å². The first kappa shape index (κ1) is 15.3. The van der Waals surface area contributed by atoms with Crippen molar-refractivity contribution in [2.24, 2.45) is 0 Å². The molecule has 2 heterocycles. The summed E-state index contributed by atoms with van der Waals surface area (Å²) in [5.41, 5.74) is 3.38. The van der Waals surface area contributed by atoms with Gasteiger partial charge in [-0.15, -0.1) is 0 Å². The van der Waals surface area contributed by atoms with Crippen LogP contribution in [0.2, 0.25) is 0 Å².